The van der Waals surface area contributed by atoms with E-state index in [1.54, 1.807) is 6.07 Å². The first-order valence-corrected chi connectivity index (χ1v) is 6.73. The molecule has 1 aromatic carbocycles. The second-order valence-corrected chi connectivity index (χ2v) is 5.53. The molecule has 2 N–H and O–H groups in total. The molecule has 0 aromatic heterocycles. The van der Waals surface area contributed by atoms with E-state index in [9.17, 15) is 8.78 Å². The van der Waals surface area contributed by atoms with Gasteiger partial charge in [0.1, 0.15) is 0 Å². The van der Waals surface area contributed by atoms with Crippen molar-refractivity contribution in [3.8, 4) is 0 Å². The summed E-state index contributed by atoms with van der Waals surface area (Å²) < 4.78 is 26.1. The van der Waals surface area contributed by atoms with Crippen LogP contribution in [-0.4, -0.2) is 24.5 Å². The van der Waals surface area contributed by atoms with Gasteiger partial charge in [0.15, 0.2) is 11.6 Å². The fourth-order valence-electron chi connectivity index (χ4n) is 1.91. The van der Waals surface area contributed by atoms with Crippen LogP contribution in [0.2, 0.25) is 0 Å². The van der Waals surface area contributed by atoms with Crippen LogP contribution in [0.4, 0.5) is 8.78 Å². The maximum Gasteiger partial charge on any atom is 0.159 e. The molecule has 0 saturated heterocycles. The van der Waals surface area contributed by atoms with Gasteiger partial charge in [-0.2, -0.15) is 0 Å². The Morgan fingerprint density at radius 2 is 1.79 bits per heavy atom. The van der Waals surface area contributed by atoms with E-state index in [4.69, 9.17) is 5.73 Å². The Morgan fingerprint density at radius 1 is 1.16 bits per heavy atom. The van der Waals surface area contributed by atoms with Crippen molar-refractivity contribution < 1.29 is 8.78 Å². The summed E-state index contributed by atoms with van der Waals surface area (Å²) in [5.74, 6) is -1.15. The molecule has 0 bridgehead atoms. The lowest BCUT2D eigenvalue weighted by Gasteiger charge is -2.27. The highest BCUT2D eigenvalue weighted by atomic mass is 19.2. The van der Waals surface area contributed by atoms with Crippen LogP contribution >= 0.6 is 0 Å². The summed E-state index contributed by atoms with van der Waals surface area (Å²) in [6, 6.07) is 4.27. The van der Waals surface area contributed by atoms with E-state index in [-0.39, 0.29) is 12.1 Å². The number of nitrogens with zero attached hydrogens (tertiary/aromatic N) is 1. The highest BCUT2D eigenvalue weighted by molar-refractivity contribution is 5.20. The van der Waals surface area contributed by atoms with Crippen LogP contribution in [0, 0.1) is 17.6 Å². The lowest BCUT2D eigenvalue weighted by Crippen LogP contribution is -2.33. The SMILES string of the molecule is CC(C)C(N)CCN(C)C(C)c1ccc(F)c(F)c1. The van der Waals surface area contributed by atoms with E-state index in [2.05, 4.69) is 18.7 Å². The van der Waals surface area contributed by atoms with Gasteiger partial charge in [0.2, 0.25) is 0 Å². The quantitative estimate of drug-likeness (QED) is 0.859. The molecule has 2 nitrogen and oxygen atoms in total. The molecule has 0 fully saturated rings. The number of halogens is 2. The van der Waals surface area contributed by atoms with E-state index in [0.717, 1.165) is 18.5 Å². The van der Waals surface area contributed by atoms with Crippen molar-refractivity contribution in [1.82, 2.24) is 4.90 Å². The Hall–Kier alpha value is -1.00. The molecule has 0 saturated carbocycles. The summed E-state index contributed by atoms with van der Waals surface area (Å²) in [5.41, 5.74) is 6.79. The Bertz CT molecular complexity index is 407. The van der Waals surface area contributed by atoms with Gasteiger partial charge in [-0.05, 0) is 50.6 Å². The van der Waals surface area contributed by atoms with Crippen LogP contribution in [0.25, 0.3) is 0 Å². The molecule has 4 heteroatoms. The monoisotopic (exact) mass is 270 g/mol. The van der Waals surface area contributed by atoms with Gasteiger partial charge in [0.05, 0.1) is 0 Å². The zero-order chi connectivity index (χ0) is 14.6. The van der Waals surface area contributed by atoms with E-state index in [1.807, 2.05) is 14.0 Å². The summed E-state index contributed by atoms with van der Waals surface area (Å²) in [6.07, 6.45) is 0.891. The molecule has 0 aliphatic rings. The van der Waals surface area contributed by atoms with Crippen molar-refractivity contribution >= 4 is 0 Å². The van der Waals surface area contributed by atoms with Crippen LogP contribution in [0.15, 0.2) is 18.2 Å². The first-order valence-electron chi connectivity index (χ1n) is 6.73. The Kier molecular flexibility index (Phi) is 5.88. The molecular formula is C15H24F2N2. The van der Waals surface area contributed by atoms with Gasteiger partial charge in [-0.1, -0.05) is 19.9 Å². The molecular weight excluding hydrogens is 246 g/mol. The normalized spacial score (nSPS) is 15.0. The number of nitrogens with two attached hydrogens (primary N) is 1. The van der Waals surface area contributed by atoms with Crippen LogP contribution < -0.4 is 5.73 Å². The minimum Gasteiger partial charge on any atom is -0.327 e. The molecule has 0 heterocycles. The fourth-order valence-corrected chi connectivity index (χ4v) is 1.91. The van der Waals surface area contributed by atoms with Gasteiger partial charge in [0.25, 0.3) is 0 Å². The predicted molar refractivity (Wildman–Crippen MR) is 74.8 cm³/mol. The summed E-state index contributed by atoms with van der Waals surface area (Å²) in [7, 11) is 1.97. The minimum atomic E-state index is -0.805. The zero-order valence-electron chi connectivity index (χ0n) is 12.2. The van der Waals surface area contributed by atoms with Gasteiger partial charge in [-0.15, -0.1) is 0 Å². The van der Waals surface area contributed by atoms with Gasteiger partial charge in [-0.3, -0.25) is 4.90 Å². The molecule has 19 heavy (non-hydrogen) atoms. The Labute approximate surface area is 114 Å². The van der Waals surface area contributed by atoms with Crippen LogP contribution in [-0.2, 0) is 0 Å². The van der Waals surface area contributed by atoms with Gasteiger partial charge in [0, 0.05) is 12.1 Å². The molecule has 0 aliphatic heterocycles. The number of benzene rings is 1. The number of rotatable bonds is 6. The third-order valence-electron chi connectivity index (χ3n) is 3.76. The Morgan fingerprint density at radius 3 is 2.32 bits per heavy atom. The molecule has 0 spiro atoms. The van der Waals surface area contributed by atoms with E-state index in [1.165, 1.54) is 12.1 Å². The molecule has 1 aromatic rings. The largest absolute Gasteiger partial charge is 0.327 e. The molecule has 0 aliphatic carbocycles. The minimum absolute atomic E-state index is 0.0365. The highest BCUT2D eigenvalue weighted by Gasteiger charge is 2.15. The number of hydrogen-bond donors (Lipinski definition) is 1. The van der Waals surface area contributed by atoms with Crippen LogP contribution in [0.5, 0.6) is 0 Å². The van der Waals surface area contributed by atoms with E-state index in [0.29, 0.717) is 5.92 Å². The average Bonchev–Trinajstić information content (AvgIpc) is 2.37. The molecule has 1 rings (SSSR count). The molecule has 108 valence electrons. The van der Waals surface area contributed by atoms with Crippen molar-refractivity contribution in [2.75, 3.05) is 13.6 Å². The first-order chi connectivity index (χ1) is 8.82. The first kappa shape index (κ1) is 16.1. The van der Waals surface area contributed by atoms with Crippen molar-refractivity contribution in [3.05, 3.63) is 35.4 Å². The zero-order valence-corrected chi connectivity index (χ0v) is 12.2. The van der Waals surface area contributed by atoms with Gasteiger partial charge in [-0.25, -0.2) is 8.78 Å². The van der Waals surface area contributed by atoms with Crippen molar-refractivity contribution in [3.63, 3.8) is 0 Å². The Balaban J connectivity index is 2.61. The van der Waals surface area contributed by atoms with Crippen molar-refractivity contribution in [2.24, 2.45) is 11.7 Å². The molecule has 2 unspecified atom stereocenters. The van der Waals surface area contributed by atoms with Crippen LogP contribution in [0.1, 0.15) is 38.8 Å². The third kappa shape index (κ3) is 4.55. The molecule has 0 amide bonds. The summed E-state index contributed by atoms with van der Waals surface area (Å²) in [6.45, 7) is 7.01. The van der Waals surface area contributed by atoms with Crippen molar-refractivity contribution in [1.29, 1.82) is 0 Å². The number of hydrogen-bond acceptors (Lipinski definition) is 2. The van der Waals surface area contributed by atoms with Crippen LogP contribution in [0.3, 0.4) is 0 Å². The second kappa shape index (κ2) is 6.96. The fraction of sp³-hybridized carbons (Fsp3) is 0.600. The summed E-state index contributed by atoms with van der Waals surface area (Å²) in [5, 5.41) is 0. The van der Waals surface area contributed by atoms with E-state index >= 15 is 0 Å². The third-order valence-corrected chi connectivity index (χ3v) is 3.76. The topological polar surface area (TPSA) is 29.3 Å². The smallest absolute Gasteiger partial charge is 0.159 e. The highest BCUT2D eigenvalue weighted by Crippen LogP contribution is 2.21. The van der Waals surface area contributed by atoms with Gasteiger partial charge < -0.3 is 5.73 Å². The van der Waals surface area contributed by atoms with E-state index < -0.39 is 11.6 Å². The predicted octanol–water partition coefficient (Wildman–Crippen LogP) is 3.33. The van der Waals surface area contributed by atoms with Gasteiger partial charge >= 0.3 is 0 Å². The second-order valence-electron chi connectivity index (χ2n) is 5.53. The maximum absolute atomic E-state index is 13.2. The van der Waals surface area contributed by atoms with Crippen molar-refractivity contribution in [2.45, 2.75) is 39.3 Å². The summed E-state index contributed by atoms with van der Waals surface area (Å²) in [4.78, 5) is 2.11. The average molecular weight is 270 g/mol. The molecule has 2 atom stereocenters. The lowest BCUT2D eigenvalue weighted by atomic mass is 10.0. The standard InChI is InChI=1S/C15H24F2N2/c1-10(2)15(18)7-8-19(4)11(3)12-5-6-13(16)14(17)9-12/h5-6,9-11,15H,7-8,18H2,1-4H3. The maximum atomic E-state index is 13.2. The molecule has 0 radical (unpaired) electrons. The lowest BCUT2D eigenvalue weighted by molar-refractivity contribution is 0.242. The summed E-state index contributed by atoms with van der Waals surface area (Å²) >= 11 is 0.